The van der Waals surface area contributed by atoms with Gasteiger partial charge >= 0.3 is 6.09 Å². The second-order valence-corrected chi connectivity index (χ2v) is 9.48. The fourth-order valence-corrected chi connectivity index (χ4v) is 4.07. The highest BCUT2D eigenvalue weighted by Crippen LogP contribution is 2.28. The lowest BCUT2D eigenvalue weighted by Gasteiger charge is -2.33. The lowest BCUT2D eigenvalue weighted by molar-refractivity contribution is 0.0221. The SMILES string of the molecule is CC(C)(C)OC(=O)N1CCc2c(nc(N3CCCCC3)nc2NCc2ccc(F)cc2)C1. The molecule has 2 aliphatic rings. The van der Waals surface area contributed by atoms with Crippen LogP contribution in [0.2, 0.25) is 0 Å². The van der Waals surface area contributed by atoms with Gasteiger partial charge in [0.15, 0.2) is 0 Å². The van der Waals surface area contributed by atoms with Crippen molar-refractivity contribution in [3.8, 4) is 0 Å². The van der Waals surface area contributed by atoms with Crippen LogP contribution in [-0.2, 0) is 24.2 Å². The van der Waals surface area contributed by atoms with Crippen LogP contribution in [0.4, 0.5) is 21.0 Å². The first kappa shape index (κ1) is 22.3. The number of hydrogen-bond acceptors (Lipinski definition) is 6. The molecule has 1 amide bonds. The van der Waals surface area contributed by atoms with Crippen molar-refractivity contribution < 1.29 is 13.9 Å². The number of nitrogens with one attached hydrogen (secondary N) is 1. The quantitative estimate of drug-likeness (QED) is 0.753. The number of fused-ring (bicyclic) bond motifs is 1. The number of halogens is 1. The van der Waals surface area contributed by atoms with E-state index >= 15 is 0 Å². The lowest BCUT2D eigenvalue weighted by Crippen LogP contribution is -2.41. The minimum atomic E-state index is -0.538. The van der Waals surface area contributed by atoms with E-state index in [9.17, 15) is 9.18 Å². The first-order valence-corrected chi connectivity index (χ1v) is 11.4. The number of carbonyl (C=O) groups is 1. The van der Waals surface area contributed by atoms with E-state index in [1.54, 1.807) is 17.0 Å². The third-order valence-electron chi connectivity index (χ3n) is 5.72. The van der Waals surface area contributed by atoms with Gasteiger partial charge in [-0.3, -0.25) is 0 Å². The molecule has 7 nitrogen and oxygen atoms in total. The maximum Gasteiger partial charge on any atom is 0.410 e. The molecule has 1 saturated heterocycles. The van der Waals surface area contributed by atoms with Crippen molar-refractivity contribution in [2.45, 2.75) is 65.1 Å². The Hall–Kier alpha value is -2.90. The molecule has 4 rings (SSSR count). The smallest absolute Gasteiger partial charge is 0.410 e. The molecular formula is C24H32FN5O2. The van der Waals surface area contributed by atoms with Gasteiger partial charge < -0.3 is 19.9 Å². The molecule has 1 N–H and O–H groups in total. The monoisotopic (exact) mass is 441 g/mol. The van der Waals surface area contributed by atoms with E-state index in [2.05, 4.69) is 10.2 Å². The normalized spacial score (nSPS) is 16.5. The number of carbonyl (C=O) groups excluding carboxylic acids is 1. The number of piperidine rings is 1. The summed E-state index contributed by atoms with van der Waals surface area (Å²) in [5.41, 5.74) is 2.33. The molecule has 2 aliphatic heterocycles. The molecule has 0 saturated carbocycles. The highest BCUT2D eigenvalue weighted by molar-refractivity contribution is 5.69. The Morgan fingerprint density at radius 1 is 1.09 bits per heavy atom. The topological polar surface area (TPSA) is 70.6 Å². The van der Waals surface area contributed by atoms with Gasteiger partial charge in [-0.2, -0.15) is 4.98 Å². The number of aromatic nitrogens is 2. The van der Waals surface area contributed by atoms with Crippen molar-refractivity contribution in [2.75, 3.05) is 29.9 Å². The molecular weight excluding hydrogens is 409 g/mol. The molecule has 1 aromatic heterocycles. The Labute approximate surface area is 189 Å². The van der Waals surface area contributed by atoms with E-state index in [4.69, 9.17) is 14.7 Å². The predicted molar refractivity (Wildman–Crippen MR) is 122 cm³/mol. The van der Waals surface area contributed by atoms with Gasteiger partial charge in [-0.1, -0.05) is 12.1 Å². The van der Waals surface area contributed by atoms with Crippen molar-refractivity contribution >= 4 is 17.9 Å². The molecule has 0 atom stereocenters. The molecule has 1 aromatic carbocycles. The van der Waals surface area contributed by atoms with Crippen LogP contribution in [0.1, 0.15) is 56.9 Å². The minimum absolute atomic E-state index is 0.247. The predicted octanol–water partition coefficient (Wildman–Crippen LogP) is 4.51. The molecule has 3 heterocycles. The molecule has 0 unspecified atom stereocenters. The van der Waals surface area contributed by atoms with Crippen molar-refractivity contribution in [3.05, 3.63) is 46.9 Å². The van der Waals surface area contributed by atoms with Crippen LogP contribution in [0, 0.1) is 5.82 Å². The molecule has 0 bridgehead atoms. The fourth-order valence-electron chi connectivity index (χ4n) is 4.07. The zero-order chi connectivity index (χ0) is 22.7. The second kappa shape index (κ2) is 9.30. The van der Waals surface area contributed by atoms with Crippen LogP contribution in [0.3, 0.4) is 0 Å². The van der Waals surface area contributed by atoms with E-state index in [1.165, 1.54) is 18.6 Å². The maximum atomic E-state index is 13.2. The summed E-state index contributed by atoms with van der Waals surface area (Å²) in [5, 5.41) is 3.44. The summed E-state index contributed by atoms with van der Waals surface area (Å²) in [6.07, 6.45) is 3.82. The summed E-state index contributed by atoms with van der Waals surface area (Å²) in [7, 11) is 0. The third kappa shape index (κ3) is 5.47. The van der Waals surface area contributed by atoms with Gasteiger partial charge in [-0.15, -0.1) is 0 Å². The summed E-state index contributed by atoms with van der Waals surface area (Å²) >= 11 is 0. The number of amides is 1. The molecule has 8 heteroatoms. The molecule has 0 radical (unpaired) electrons. The van der Waals surface area contributed by atoms with Crippen molar-refractivity contribution in [1.29, 1.82) is 0 Å². The van der Waals surface area contributed by atoms with E-state index in [0.29, 0.717) is 32.0 Å². The Bertz CT molecular complexity index is 952. The minimum Gasteiger partial charge on any atom is -0.444 e. The summed E-state index contributed by atoms with van der Waals surface area (Å²) < 4.78 is 18.8. The Morgan fingerprint density at radius 2 is 1.81 bits per heavy atom. The maximum absolute atomic E-state index is 13.2. The molecule has 172 valence electrons. The van der Waals surface area contributed by atoms with Crippen LogP contribution in [0.25, 0.3) is 0 Å². The van der Waals surface area contributed by atoms with Gasteiger partial charge in [0.2, 0.25) is 5.95 Å². The Kier molecular flexibility index (Phi) is 6.48. The molecule has 2 aromatic rings. The lowest BCUT2D eigenvalue weighted by atomic mass is 10.1. The van der Waals surface area contributed by atoms with Crippen molar-refractivity contribution in [2.24, 2.45) is 0 Å². The average Bonchev–Trinajstić information content (AvgIpc) is 2.77. The Balaban J connectivity index is 1.58. The number of benzene rings is 1. The summed E-state index contributed by atoms with van der Waals surface area (Å²) in [6.45, 7) is 8.99. The largest absolute Gasteiger partial charge is 0.444 e. The standard InChI is InChI=1S/C24H32FN5O2/c1-24(2,3)32-23(31)30-14-11-19-20(16-30)27-22(29-12-5-4-6-13-29)28-21(19)26-15-17-7-9-18(25)10-8-17/h7-10H,4-6,11-16H2,1-3H3,(H,26,27,28). The van der Waals surface area contributed by atoms with Crippen LogP contribution in [0.15, 0.2) is 24.3 Å². The first-order valence-electron chi connectivity index (χ1n) is 11.4. The van der Waals surface area contributed by atoms with E-state index < -0.39 is 5.60 Å². The van der Waals surface area contributed by atoms with Gasteiger partial charge in [-0.25, -0.2) is 14.2 Å². The zero-order valence-electron chi connectivity index (χ0n) is 19.2. The summed E-state index contributed by atoms with van der Waals surface area (Å²) in [6, 6.07) is 6.46. The number of nitrogens with zero attached hydrogens (tertiary/aromatic N) is 4. The Morgan fingerprint density at radius 3 is 2.50 bits per heavy atom. The number of ether oxygens (including phenoxy) is 1. The van der Waals surface area contributed by atoms with E-state index in [-0.39, 0.29) is 11.9 Å². The number of hydrogen-bond donors (Lipinski definition) is 1. The second-order valence-electron chi connectivity index (χ2n) is 9.48. The van der Waals surface area contributed by atoms with Gasteiger partial charge in [0.1, 0.15) is 17.2 Å². The fraction of sp³-hybridized carbons (Fsp3) is 0.542. The molecule has 1 fully saturated rings. The molecule has 0 aliphatic carbocycles. The van der Waals surface area contributed by atoms with Gasteiger partial charge in [0, 0.05) is 31.7 Å². The highest BCUT2D eigenvalue weighted by atomic mass is 19.1. The van der Waals surface area contributed by atoms with Crippen molar-refractivity contribution in [1.82, 2.24) is 14.9 Å². The highest BCUT2D eigenvalue weighted by Gasteiger charge is 2.29. The van der Waals surface area contributed by atoms with Crippen LogP contribution >= 0.6 is 0 Å². The molecule has 32 heavy (non-hydrogen) atoms. The van der Waals surface area contributed by atoms with Crippen LogP contribution < -0.4 is 10.2 Å². The number of rotatable bonds is 4. The van der Waals surface area contributed by atoms with Crippen LogP contribution in [-0.4, -0.2) is 46.2 Å². The number of anilines is 2. The third-order valence-corrected chi connectivity index (χ3v) is 5.72. The average molecular weight is 442 g/mol. The van der Waals surface area contributed by atoms with Gasteiger partial charge in [0.05, 0.1) is 12.2 Å². The van der Waals surface area contributed by atoms with E-state index in [0.717, 1.165) is 48.6 Å². The summed E-state index contributed by atoms with van der Waals surface area (Å²) in [5.74, 6) is 1.25. The van der Waals surface area contributed by atoms with Crippen molar-refractivity contribution in [3.63, 3.8) is 0 Å². The van der Waals surface area contributed by atoms with Gasteiger partial charge in [-0.05, 0) is 64.2 Å². The molecule has 0 spiro atoms. The first-order chi connectivity index (χ1) is 15.3. The summed E-state index contributed by atoms with van der Waals surface area (Å²) in [4.78, 5) is 26.3. The van der Waals surface area contributed by atoms with E-state index in [1.807, 2.05) is 20.8 Å². The van der Waals surface area contributed by atoms with Crippen LogP contribution in [0.5, 0.6) is 0 Å². The van der Waals surface area contributed by atoms with Gasteiger partial charge in [0.25, 0.3) is 0 Å². The zero-order valence-corrected chi connectivity index (χ0v) is 19.2.